The summed E-state index contributed by atoms with van der Waals surface area (Å²) in [5, 5.41) is 11.7. The minimum atomic E-state index is -0.0121. The van der Waals surface area contributed by atoms with Gasteiger partial charge in [0.1, 0.15) is 0 Å². The monoisotopic (exact) mass is 468 g/mol. The number of rotatable bonds is 1. The molecule has 22 heavy (non-hydrogen) atoms. The van der Waals surface area contributed by atoms with E-state index in [9.17, 15) is 0 Å². The van der Waals surface area contributed by atoms with Crippen molar-refractivity contribution in [3.8, 4) is 22.5 Å². The van der Waals surface area contributed by atoms with Crippen LogP contribution in [0, 0.1) is 6.07 Å². The summed E-state index contributed by atoms with van der Waals surface area (Å²) in [6.45, 7) is 4.52. The summed E-state index contributed by atoms with van der Waals surface area (Å²) >= 11 is 0. The Bertz CT molecular complexity index is 851. The summed E-state index contributed by atoms with van der Waals surface area (Å²) in [4.78, 5) is 0. The third-order valence-corrected chi connectivity index (χ3v) is 4.38. The second kappa shape index (κ2) is 5.11. The van der Waals surface area contributed by atoms with Crippen LogP contribution >= 0.6 is 0 Å². The van der Waals surface area contributed by atoms with Crippen molar-refractivity contribution in [1.29, 1.82) is 0 Å². The van der Waals surface area contributed by atoms with Crippen molar-refractivity contribution in [2.24, 2.45) is 7.05 Å². The van der Waals surface area contributed by atoms with Crippen LogP contribution in [0.15, 0.2) is 36.4 Å². The van der Waals surface area contributed by atoms with Crippen LogP contribution in [-0.2, 0) is 32.6 Å². The van der Waals surface area contributed by atoms with Crippen molar-refractivity contribution in [3.63, 3.8) is 0 Å². The standard InChI is InChI=1S/C17H15N4.Ir/c1-17(2)14-7-5-4-6-12(14)13-9-8-11(10-15(13)17)16-18-19-20-21(16)3;/h4-7,9-10H,1-3H3;/q-1;. The number of nitrogens with zero attached hydrogens (tertiary/aromatic N) is 4. The van der Waals surface area contributed by atoms with Crippen LogP contribution in [-0.4, -0.2) is 20.2 Å². The molecule has 4 rings (SSSR count). The number of aryl methyl sites for hydroxylation is 1. The fourth-order valence-electron chi connectivity index (χ4n) is 3.23. The van der Waals surface area contributed by atoms with E-state index in [4.69, 9.17) is 0 Å². The topological polar surface area (TPSA) is 43.6 Å². The predicted octanol–water partition coefficient (Wildman–Crippen LogP) is 2.98. The van der Waals surface area contributed by atoms with Crippen molar-refractivity contribution in [2.45, 2.75) is 19.3 Å². The van der Waals surface area contributed by atoms with E-state index in [1.807, 2.05) is 7.05 Å². The summed E-state index contributed by atoms with van der Waals surface area (Å²) in [5.41, 5.74) is 6.15. The van der Waals surface area contributed by atoms with Crippen molar-refractivity contribution in [1.82, 2.24) is 20.2 Å². The van der Waals surface area contributed by atoms with Gasteiger partial charge in [0.05, 0.1) is 5.82 Å². The average Bonchev–Trinajstić information content (AvgIpc) is 3.01. The van der Waals surface area contributed by atoms with Crippen molar-refractivity contribution < 1.29 is 20.1 Å². The van der Waals surface area contributed by atoms with Gasteiger partial charge in [-0.05, 0) is 16.2 Å². The first-order chi connectivity index (χ1) is 10.1. The first kappa shape index (κ1) is 15.1. The van der Waals surface area contributed by atoms with E-state index < -0.39 is 0 Å². The number of aromatic nitrogens is 4. The minimum Gasteiger partial charge on any atom is -0.268 e. The van der Waals surface area contributed by atoms with Crippen molar-refractivity contribution in [2.75, 3.05) is 0 Å². The smallest absolute Gasteiger partial charge is 0.0981 e. The molecule has 0 unspecified atom stereocenters. The van der Waals surface area contributed by atoms with Gasteiger partial charge in [0.25, 0.3) is 0 Å². The number of hydrogen-bond donors (Lipinski definition) is 0. The molecule has 2 aromatic carbocycles. The predicted molar refractivity (Wildman–Crippen MR) is 80.6 cm³/mol. The summed E-state index contributed by atoms with van der Waals surface area (Å²) in [6, 6.07) is 16.1. The zero-order valence-corrected chi connectivity index (χ0v) is 15.0. The quantitative estimate of drug-likeness (QED) is 0.517. The van der Waals surface area contributed by atoms with Gasteiger partial charge >= 0.3 is 0 Å². The molecule has 0 fully saturated rings. The summed E-state index contributed by atoms with van der Waals surface area (Å²) in [6.07, 6.45) is 0. The van der Waals surface area contributed by atoms with Crippen LogP contribution < -0.4 is 0 Å². The first-order valence-electron chi connectivity index (χ1n) is 6.98. The van der Waals surface area contributed by atoms with Gasteiger partial charge in [0.15, 0.2) is 0 Å². The average molecular weight is 468 g/mol. The third kappa shape index (κ3) is 1.97. The summed E-state index contributed by atoms with van der Waals surface area (Å²) < 4.78 is 1.67. The molecule has 1 aromatic heterocycles. The molecule has 4 nitrogen and oxygen atoms in total. The Morgan fingerprint density at radius 2 is 1.86 bits per heavy atom. The van der Waals surface area contributed by atoms with Gasteiger partial charge in [0.2, 0.25) is 0 Å². The van der Waals surface area contributed by atoms with Crippen molar-refractivity contribution >= 4 is 0 Å². The molecule has 0 atom stereocenters. The van der Waals surface area contributed by atoms with Crippen LogP contribution in [0.4, 0.5) is 0 Å². The minimum absolute atomic E-state index is 0. The molecule has 0 N–H and O–H groups in total. The molecule has 1 radical (unpaired) electrons. The van der Waals surface area contributed by atoms with E-state index in [1.165, 1.54) is 22.3 Å². The maximum Gasteiger partial charge on any atom is 0.0981 e. The van der Waals surface area contributed by atoms with Crippen LogP contribution in [0.25, 0.3) is 22.5 Å². The Kier molecular flexibility index (Phi) is 3.50. The number of fused-ring (bicyclic) bond motifs is 3. The summed E-state index contributed by atoms with van der Waals surface area (Å²) in [5.74, 6) is 0.740. The Morgan fingerprint density at radius 3 is 2.59 bits per heavy atom. The molecule has 1 aliphatic carbocycles. The van der Waals surface area contributed by atoms with Gasteiger partial charge in [-0.25, -0.2) is 0 Å². The molecule has 0 bridgehead atoms. The van der Waals surface area contributed by atoms with E-state index in [-0.39, 0.29) is 25.5 Å². The number of hydrogen-bond acceptors (Lipinski definition) is 3. The molecule has 0 amide bonds. The fraction of sp³-hybridized carbons (Fsp3) is 0.235. The Hall–Kier alpha value is -1.84. The van der Waals surface area contributed by atoms with E-state index in [2.05, 4.69) is 71.8 Å². The number of tetrazole rings is 1. The molecule has 1 heterocycles. The van der Waals surface area contributed by atoms with E-state index in [0.717, 1.165) is 11.4 Å². The molecule has 0 spiro atoms. The molecular weight excluding hydrogens is 452 g/mol. The third-order valence-electron chi connectivity index (χ3n) is 4.38. The fourth-order valence-corrected chi connectivity index (χ4v) is 3.23. The van der Waals surface area contributed by atoms with E-state index >= 15 is 0 Å². The Balaban J connectivity index is 0.00000144. The number of benzene rings is 2. The molecule has 113 valence electrons. The zero-order chi connectivity index (χ0) is 14.6. The summed E-state index contributed by atoms with van der Waals surface area (Å²) in [7, 11) is 1.84. The molecule has 5 heteroatoms. The molecule has 0 aliphatic heterocycles. The Labute approximate surface area is 142 Å². The van der Waals surface area contributed by atoms with Crippen LogP contribution in [0.3, 0.4) is 0 Å². The molecule has 0 saturated carbocycles. The molecule has 0 saturated heterocycles. The van der Waals surface area contributed by atoms with Crippen LogP contribution in [0.2, 0.25) is 0 Å². The van der Waals surface area contributed by atoms with Crippen LogP contribution in [0.5, 0.6) is 0 Å². The van der Waals surface area contributed by atoms with Gasteiger partial charge < -0.3 is 0 Å². The van der Waals surface area contributed by atoms with Gasteiger partial charge in [-0.2, -0.15) is 5.10 Å². The van der Waals surface area contributed by atoms with Gasteiger partial charge in [0, 0.05) is 27.2 Å². The normalized spacial score (nSPS) is 14.1. The van der Waals surface area contributed by atoms with E-state index in [1.54, 1.807) is 4.68 Å². The second-order valence-corrected chi connectivity index (χ2v) is 5.97. The maximum absolute atomic E-state index is 4.08. The maximum atomic E-state index is 4.08. The zero-order valence-electron chi connectivity index (χ0n) is 12.6. The second-order valence-electron chi connectivity index (χ2n) is 5.97. The van der Waals surface area contributed by atoms with E-state index in [0.29, 0.717) is 0 Å². The molecule has 3 aromatic rings. The van der Waals surface area contributed by atoms with Gasteiger partial charge in [-0.15, -0.1) is 29.3 Å². The van der Waals surface area contributed by atoms with Gasteiger partial charge in [-0.1, -0.05) is 54.5 Å². The SMILES string of the molecule is Cn1nnnc1-c1[c-]cc2c(c1)C(C)(C)c1ccccc1-2.[Ir]. The van der Waals surface area contributed by atoms with Crippen molar-refractivity contribution in [3.05, 3.63) is 53.6 Å². The first-order valence-corrected chi connectivity index (χ1v) is 6.98. The largest absolute Gasteiger partial charge is 0.268 e. The molecule has 1 aliphatic rings. The molecular formula is C17H15IrN4-. The Morgan fingerprint density at radius 1 is 1.09 bits per heavy atom. The van der Waals surface area contributed by atoms with Crippen LogP contribution in [0.1, 0.15) is 25.0 Å². The van der Waals surface area contributed by atoms with Gasteiger partial charge in [-0.3, -0.25) is 4.68 Å².